The van der Waals surface area contributed by atoms with E-state index < -0.39 is 17.6 Å². The quantitative estimate of drug-likeness (QED) is 0.630. The summed E-state index contributed by atoms with van der Waals surface area (Å²) >= 11 is 3.37. The van der Waals surface area contributed by atoms with Gasteiger partial charge in [-0.2, -0.15) is 4.68 Å². The summed E-state index contributed by atoms with van der Waals surface area (Å²) in [5, 5.41) is 7.94. The Kier molecular flexibility index (Phi) is 4.43. The molecule has 0 aliphatic carbocycles. The zero-order valence-electron chi connectivity index (χ0n) is 13.0. The predicted octanol–water partition coefficient (Wildman–Crippen LogP) is 1.86. The van der Waals surface area contributed by atoms with Crippen LogP contribution in [0.2, 0.25) is 0 Å². The van der Waals surface area contributed by atoms with Gasteiger partial charge in [-0.05, 0) is 30.7 Å². The Morgan fingerprint density at radius 2 is 2.04 bits per heavy atom. The molecule has 1 aromatic carbocycles. The van der Waals surface area contributed by atoms with E-state index in [4.69, 9.17) is 4.74 Å². The molecule has 0 fully saturated rings. The lowest BCUT2D eigenvalue weighted by Gasteiger charge is -2.14. The topological polar surface area (TPSA) is 91.9 Å². The molecule has 0 N–H and O–H groups in total. The average Bonchev–Trinajstić information content (AvgIpc) is 3.02. The summed E-state index contributed by atoms with van der Waals surface area (Å²) in [6.07, 6.45) is 1.73. The van der Waals surface area contributed by atoms with Gasteiger partial charge in [0.1, 0.15) is 12.4 Å². The third-order valence-electron chi connectivity index (χ3n) is 3.66. The number of nitrogens with zero attached hydrogens (tertiary/aromatic N) is 5. The number of hydrogen-bond acceptors (Lipinski definition) is 6. The summed E-state index contributed by atoms with van der Waals surface area (Å²) in [4.78, 5) is 28.7. The summed E-state index contributed by atoms with van der Waals surface area (Å²) in [7, 11) is 1.28. The molecule has 124 valence electrons. The molecule has 24 heavy (non-hydrogen) atoms. The van der Waals surface area contributed by atoms with Crippen LogP contribution in [0.4, 0.5) is 0 Å². The summed E-state index contributed by atoms with van der Waals surface area (Å²) in [5.74, 6) is -0.499. The molecular weight excluding hydrogens is 378 g/mol. The van der Waals surface area contributed by atoms with E-state index in [2.05, 4.69) is 31.2 Å². The van der Waals surface area contributed by atoms with Crippen molar-refractivity contribution < 1.29 is 9.53 Å². The van der Waals surface area contributed by atoms with Crippen molar-refractivity contribution in [3.8, 4) is 5.69 Å². The number of aromatic nitrogens is 5. The van der Waals surface area contributed by atoms with Gasteiger partial charge in [0.05, 0.1) is 12.8 Å². The fourth-order valence-corrected chi connectivity index (χ4v) is 2.68. The number of rotatable bonds is 4. The number of methoxy groups -OCH3 is 1. The van der Waals surface area contributed by atoms with Gasteiger partial charge < -0.3 is 4.74 Å². The number of esters is 1. The highest BCUT2D eigenvalue weighted by Gasteiger charge is 2.23. The molecule has 0 saturated carbocycles. The first-order valence-corrected chi connectivity index (χ1v) is 8.02. The van der Waals surface area contributed by atoms with Gasteiger partial charge in [-0.15, -0.1) is 5.10 Å². The van der Waals surface area contributed by atoms with Crippen molar-refractivity contribution in [3.63, 3.8) is 0 Å². The van der Waals surface area contributed by atoms with Crippen molar-refractivity contribution in [3.05, 3.63) is 45.4 Å². The first kappa shape index (κ1) is 16.3. The standard InChI is InChI=1S/C15H14BrN5O3/c1-3-11(15(23)24-2)20-8-17-13-12(14(20)22)18-19-21(13)10-6-4-9(16)5-7-10/h4-8,11H,3H2,1-2H3/t11-/m0/s1. The second kappa shape index (κ2) is 6.52. The van der Waals surface area contributed by atoms with Gasteiger partial charge in [0.2, 0.25) is 0 Å². The minimum Gasteiger partial charge on any atom is -0.467 e. The van der Waals surface area contributed by atoms with Crippen LogP contribution in [-0.2, 0) is 9.53 Å². The fourth-order valence-electron chi connectivity index (χ4n) is 2.41. The van der Waals surface area contributed by atoms with Crippen LogP contribution in [0.1, 0.15) is 19.4 Å². The van der Waals surface area contributed by atoms with Gasteiger partial charge in [-0.3, -0.25) is 9.36 Å². The van der Waals surface area contributed by atoms with E-state index in [1.54, 1.807) is 6.92 Å². The third kappa shape index (κ3) is 2.71. The van der Waals surface area contributed by atoms with E-state index in [-0.39, 0.29) is 5.52 Å². The van der Waals surface area contributed by atoms with Crippen molar-refractivity contribution in [1.29, 1.82) is 0 Å². The largest absolute Gasteiger partial charge is 0.467 e. The Morgan fingerprint density at radius 3 is 2.67 bits per heavy atom. The van der Waals surface area contributed by atoms with Crippen LogP contribution in [0.3, 0.4) is 0 Å². The maximum absolute atomic E-state index is 12.6. The van der Waals surface area contributed by atoms with Crippen LogP contribution in [-0.4, -0.2) is 37.6 Å². The zero-order valence-corrected chi connectivity index (χ0v) is 14.6. The molecular formula is C15H14BrN5O3. The summed E-state index contributed by atoms with van der Waals surface area (Å²) in [5.41, 5.74) is 0.729. The molecule has 2 heterocycles. The van der Waals surface area contributed by atoms with Crippen molar-refractivity contribution >= 4 is 33.1 Å². The maximum Gasteiger partial charge on any atom is 0.329 e. The Morgan fingerprint density at radius 1 is 1.33 bits per heavy atom. The average molecular weight is 392 g/mol. The lowest BCUT2D eigenvalue weighted by molar-refractivity contribution is -0.144. The van der Waals surface area contributed by atoms with Gasteiger partial charge in [-0.25, -0.2) is 9.78 Å². The molecule has 0 unspecified atom stereocenters. The normalized spacial score (nSPS) is 12.3. The minimum absolute atomic E-state index is 0.0998. The van der Waals surface area contributed by atoms with Gasteiger partial charge >= 0.3 is 5.97 Å². The molecule has 0 bridgehead atoms. The highest BCUT2D eigenvalue weighted by molar-refractivity contribution is 9.10. The van der Waals surface area contributed by atoms with Crippen LogP contribution in [0.5, 0.6) is 0 Å². The van der Waals surface area contributed by atoms with Gasteiger partial charge in [0.15, 0.2) is 11.2 Å². The molecule has 1 atom stereocenters. The molecule has 0 amide bonds. The maximum atomic E-state index is 12.6. The molecule has 9 heteroatoms. The third-order valence-corrected chi connectivity index (χ3v) is 4.18. The van der Waals surface area contributed by atoms with E-state index in [0.29, 0.717) is 12.1 Å². The van der Waals surface area contributed by atoms with E-state index in [0.717, 1.165) is 10.2 Å². The Labute approximate surface area is 145 Å². The molecule has 0 aliphatic rings. The number of hydrogen-bond donors (Lipinski definition) is 0. The first-order valence-electron chi connectivity index (χ1n) is 7.23. The molecule has 3 aromatic rings. The van der Waals surface area contributed by atoms with Gasteiger partial charge in [-0.1, -0.05) is 28.1 Å². The lowest BCUT2D eigenvalue weighted by atomic mass is 10.2. The molecule has 8 nitrogen and oxygen atoms in total. The number of fused-ring (bicyclic) bond motifs is 1. The Balaban J connectivity index is 2.13. The van der Waals surface area contributed by atoms with E-state index in [9.17, 15) is 9.59 Å². The van der Waals surface area contributed by atoms with Crippen LogP contribution in [0.25, 0.3) is 16.9 Å². The second-order valence-corrected chi connectivity index (χ2v) is 5.97. The number of ether oxygens (including phenoxy) is 1. The van der Waals surface area contributed by atoms with E-state index >= 15 is 0 Å². The van der Waals surface area contributed by atoms with Crippen LogP contribution in [0, 0.1) is 0 Å². The van der Waals surface area contributed by atoms with Crippen molar-refractivity contribution in [1.82, 2.24) is 24.5 Å². The number of benzene rings is 1. The molecule has 0 aliphatic heterocycles. The van der Waals surface area contributed by atoms with Crippen LogP contribution in [0.15, 0.2) is 39.9 Å². The second-order valence-electron chi connectivity index (χ2n) is 5.05. The minimum atomic E-state index is -0.739. The van der Waals surface area contributed by atoms with E-state index in [1.807, 2.05) is 24.3 Å². The van der Waals surface area contributed by atoms with Crippen LogP contribution >= 0.6 is 15.9 Å². The Bertz CT molecular complexity index is 948. The molecule has 0 saturated heterocycles. The van der Waals surface area contributed by atoms with Crippen molar-refractivity contribution in [2.24, 2.45) is 0 Å². The summed E-state index contributed by atoms with van der Waals surface area (Å²) < 4.78 is 8.37. The monoisotopic (exact) mass is 391 g/mol. The van der Waals surface area contributed by atoms with Crippen molar-refractivity contribution in [2.75, 3.05) is 7.11 Å². The number of halogens is 1. The fraction of sp³-hybridized carbons (Fsp3) is 0.267. The molecule has 3 rings (SSSR count). The first-order chi connectivity index (χ1) is 11.6. The van der Waals surface area contributed by atoms with Gasteiger partial charge in [0.25, 0.3) is 5.56 Å². The zero-order chi connectivity index (χ0) is 17.3. The summed E-state index contributed by atoms with van der Waals surface area (Å²) in [6.45, 7) is 1.79. The number of carbonyl (C=O) groups excluding carboxylic acids is 1. The molecule has 2 aromatic heterocycles. The summed E-state index contributed by atoms with van der Waals surface area (Å²) in [6, 6.07) is 6.63. The van der Waals surface area contributed by atoms with E-state index in [1.165, 1.54) is 22.7 Å². The molecule has 0 radical (unpaired) electrons. The highest BCUT2D eigenvalue weighted by Crippen LogP contribution is 2.17. The lowest BCUT2D eigenvalue weighted by Crippen LogP contribution is -2.30. The highest BCUT2D eigenvalue weighted by atomic mass is 79.9. The SMILES string of the molecule is CC[C@@H](C(=O)OC)n1cnc2c(nnn2-c2ccc(Br)cc2)c1=O. The van der Waals surface area contributed by atoms with Gasteiger partial charge in [0, 0.05) is 4.47 Å². The predicted molar refractivity (Wildman–Crippen MR) is 90.0 cm³/mol. The van der Waals surface area contributed by atoms with Crippen molar-refractivity contribution in [2.45, 2.75) is 19.4 Å². The number of carbonyl (C=O) groups is 1. The molecule has 0 spiro atoms. The smallest absolute Gasteiger partial charge is 0.329 e. The Hall–Kier alpha value is -2.55. The van der Waals surface area contributed by atoms with Crippen LogP contribution < -0.4 is 5.56 Å².